The smallest absolute Gasteiger partial charge is 0.416 e. The van der Waals surface area contributed by atoms with Crippen LogP contribution >= 0.6 is 0 Å². The highest BCUT2D eigenvalue weighted by molar-refractivity contribution is 5.95. The molecule has 1 unspecified atom stereocenters. The number of nitrogens with zero attached hydrogens (tertiary/aromatic N) is 3. The standard InChI is InChI=1S/C28H32F3N5O4/c1-3-36-22(18-34-14-16-35(17-15-34)26(38)32-21-8-6-5-7-9-21)23(25(37)40-4-2)24(33-27(36)39)19-10-12-20(13-11-19)28(29,30)31/h5-13,24H,3-4,14-18H2,1-2H3,(H,32,38)(H,33,39). The van der Waals surface area contributed by atoms with Crippen LogP contribution in [0, 0.1) is 0 Å². The number of nitrogens with one attached hydrogen (secondary N) is 2. The lowest BCUT2D eigenvalue weighted by molar-refractivity contribution is -0.139. The van der Waals surface area contributed by atoms with E-state index in [2.05, 4.69) is 10.6 Å². The van der Waals surface area contributed by atoms with Gasteiger partial charge in [0.15, 0.2) is 0 Å². The van der Waals surface area contributed by atoms with Gasteiger partial charge >= 0.3 is 24.2 Å². The summed E-state index contributed by atoms with van der Waals surface area (Å²) in [6.07, 6.45) is -4.52. The lowest BCUT2D eigenvalue weighted by atomic mass is 9.93. The van der Waals surface area contributed by atoms with Gasteiger partial charge in [-0.1, -0.05) is 30.3 Å². The number of anilines is 1. The van der Waals surface area contributed by atoms with Crippen molar-refractivity contribution in [2.45, 2.75) is 26.1 Å². The molecule has 2 heterocycles. The maximum atomic E-state index is 13.2. The van der Waals surface area contributed by atoms with Crippen molar-refractivity contribution in [1.82, 2.24) is 20.0 Å². The molecule has 2 aromatic rings. The van der Waals surface area contributed by atoms with Gasteiger partial charge in [-0.25, -0.2) is 14.4 Å². The first-order valence-electron chi connectivity index (χ1n) is 13.1. The SMILES string of the molecule is CCOC(=O)C1=C(CN2CCN(C(=O)Nc3ccccc3)CC2)N(CC)C(=O)NC1c1ccc(C(F)(F)F)cc1. The van der Waals surface area contributed by atoms with Crippen LogP contribution in [0.15, 0.2) is 65.9 Å². The molecule has 0 saturated carbocycles. The van der Waals surface area contributed by atoms with Gasteiger partial charge in [0, 0.05) is 50.7 Å². The molecule has 2 aromatic carbocycles. The molecule has 1 atom stereocenters. The lowest BCUT2D eigenvalue weighted by Gasteiger charge is -2.40. The number of esters is 1. The van der Waals surface area contributed by atoms with Gasteiger partial charge in [0.2, 0.25) is 0 Å². The number of alkyl halides is 3. The van der Waals surface area contributed by atoms with Gasteiger partial charge in [-0.2, -0.15) is 13.2 Å². The minimum Gasteiger partial charge on any atom is -0.463 e. The molecule has 2 aliphatic rings. The van der Waals surface area contributed by atoms with E-state index in [9.17, 15) is 27.6 Å². The van der Waals surface area contributed by atoms with E-state index in [4.69, 9.17) is 4.74 Å². The Hall–Kier alpha value is -4.06. The molecule has 0 spiro atoms. The van der Waals surface area contributed by atoms with Crippen molar-refractivity contribution in [2.75, 3.05) is 51.2 Å². The quantitative estimate of drug-likeness (QED) is 0.489. The lowest BCUT2D eigenvalue weighted by Crippen LogP contribution is -2.54. The van der Waals surface area contributed by atoms with Gasteiger partial charge in [0.1, 0.15) is 0 Å². The van der Waals surface area contributed by atoms with E-state index in [-0.39, 0.29) is 31.3 Å². The number of carbonyl (C=O) groups excluding carboxylic acids is 3. The summed E-state index contributed by atoms with van der Waals surface area (Å²) < 4.78 is 44.8. The number of para-hydroxylation sites is 1. The third-order valence-corrected chi connectivity index (χ3v) is 6.88. The van der Waals surface area contributed by atoms with Crippen molar-refractivity contribution in [1.29, 1.82) is 0 Å². The molecule has 40 heavy (non-hydrogen) atoms. The molecule has 214 valence electrons. The molecule has 4 amide bonds. The number of ether oxygens (including phenoxy) is 1. The van der Waals surface area contributed by atoms with E-state index >= 15 is 0 Å². The molecular formula is C28H32F3N5O4. The molecule has 1 fully saturated rings. The summed E-state index contributed by atoms with van der Waals surface area (Å²) in [6.45, 7) is 5.85. The summed E-state index contributed by atoms with van der Waals surface area (Å²) in [5.74, 6) is -0.651. The Kier molecular flexibility index (Phi) is 8.98. The van der Waals surface area contributed by atoms with Crippen LogP contribution in [-0.2, 0) is 15.7 Å². The van der Waals surface area contributed by atoms with Crippen LogP contribution in [0.3, 0.4) is 0 Å². The molecule has 12 heteroatoms. The average molecular weight is 560 g/mol. The fourth-order valence-electron chi connectivity index (χ4n) is 4.82. The van der Waals surface area contributed by atoms with E-state index in [0.29, 0.717) is 43.1 Å². The molecular weight excluding hydrogens is 527 g/mol. The van der Waals surface area contributed by atoms with Crippen molar-refractivity contribution >= 4 is 23.7 Å². The second-order valence-corrected chi connectivity index (χ2v) is 9.39. The molecule has 2 aliphatic heterocycles. The van der Waals surface area contributed by atoms with E-state index in [1.807, 2.05) is 23.1 Å². The fraction of sp³-hybridized carbons (Fsp3) is 0.393. The monoisotopic (exact) mass is 559 g/mol. The molecule has 0 aromatic heterocycles. The van der Waals surface area contributed by atoms with Gasteiger partial charge < -0.3 is 20.3 Å². The van der Waals surface area contributed by atoms with Crippen LogP contribution in [0.1, 0.15) is 31.0 Å². The second kappa shape index (κ2) is 12.4. The number of halogens is 3. The van der Waals surface area contributed by atoms with Crippen molar-refractivity contribution < 1.29 is 32.3 Å². The molecule has 1 saturated heterocycles. The highest BCUT2D eigenvalue weighted by Gasteiger charge is 2.39. The zero-order valence-electron chi connectivity index (χ0n) is 22.3. The largest absolute Gasteiger partial charge is 0.463 e. The number of benzene rings is 2. The van der Waals surface area contributed by atoms with Crippen LogP contribution in [0.2, 0.25) is 0 Å². The highest BCUT2D eigenvalue weighted by atomic mass is 19.4. The minimum absolute atomic E-state index is 0.0879. The number of amides is 4. The topological polar surface area (TPSA) is 94.2 Å². The number of hydrogen-bond donors (Lipinski definition) is 2. The Morgan fingerprint density at radius 2 is 1.65 bits per heavy atom. The van der Waals surface area contributed by atoms with Gasteiger partial charge in [-0.15, -0.1) is 0 Å². The Balaban J connectivity index is 1.57. The molecule has 0 bridgehead atoms. The van der Waals surface area contributed by atoms with Crippen LogP contribution in [0.25, 0.3) is 0 Å². The molecule has 9 nitrogen and oxygen atoms in total. The summed E-state index contributed by atoms with van der Waals surface area (Å²) in [5, 5.41) is 5.63. The molecule has 0 aliphatic carbocycles. The summed E-state index contributed by atoms with van der Waals surface area (Å²) in [6, 6.07) is 11.9. The normalized spacial score (nSPS) is 18.4. The Labute approximate surface area is 230 Å². The van der Waals surface area contributed by atoms with Crippen LogP contribution < -0.4 is 10.6 Å². The number of likely N-dealkylation sites (N-methyl/N-ethyl adjacent to an activating group) is 1. The maximum absolute atomic E-state index is 13.2. The van der Waals surface area contributed by atoms with E-state index in [1.54, 1.807) is 30.9 Å². The fourth-order valence-corrected chi connectivity index (χ4v) is 4.82. The van der Waals surface area contributed by atoms with Crippen LogP contribution in [-0.4, -0.2) is 78.6 Å². The van der Waals surface area contributed by atoms with Gasteiger partial charge in [0.05, 0.1) is 23.8 Å². The predicted molar refractivity (Wildman–Crippen MR) is 142 cm³/mol. The third kappa shape index (κ3) is 6.56. The maximum Gasteiger partial charge on any atom is 0.416 e. The van der Waals surface area contributed by atoms with Crippen molar-refractivity contribution in [3.05, 3.63) is 77.0 Å². The molecule has 0 radical (unpaired) electrons. The van der Waals surface area contributed by atoms with Crippen molar-refractivity contribution in [2.24, 2.45) is 0 Å². The van der Waals surface area contributed by atoms with Crippen molar-refractivity contribution in [3.8, 4) is 0 Å². The number of piperazine rings is 1. The Morgan fingerprint density at radius 1 is 1.00 bits per heavy atom. The number of carbonyl (C=O) groups is 3. The first-order chi connectivity index (χ1) is 19.1. The number of rotatable bonds is 7. The van der Waals surface area contributed by atoms with Crippen LogP contribution in [0.5, 0.6) is 0 Å². The first kappa shape index (κ1) is 28.9. The average Bonchev–Trinajstić information content (AvgIpc) is 2.93. The van der Waals surface area contributed by atoms with Crippen LogP contribution in [0.4, 0.5) is 28.4 Å². The zero-order valence-corrected chi connectivity index (χ0v) is 22.3. The van der Waals surface area contributed by atoms with E-state index in [1.165, 1.54) is 17.0 Å². The zero-order chi connectivity index (χ0) is 28.9. The number of urea groups is 2. The Bertz CT molecular complexity index is 1240. The summed E-state index contributed by atoms with van der Waals surface area (Å²) in [5.41, 5.74) is 0.800. The predicted octanol–water partition coefficient (Wildman–Crippen LogP) is 4.46. The van der Waals surface area contributed by atoms with Gasteiger partial charge in [-0.05, 0) is 43.7 Å². The summed E-state index contributed by atoms with van der Waals surface area (Å²) >= 11 is 0. The van der Waals surface area contributed by atoms with Gasteiger partial charge in [0.25, 0.3) is 0 Å². The summed E-state index contributed by atoms with van der Waals surface area (Å²) in [7, 11) is 0. The van der Waals surface area contributed by atoms with E-state index in [0.717, 1.165) is 12.1 Å². The second-order valence-electron chi connectivity index (χ2n) is 9.39. The molecule has 4 rings (SSSR count). The minimum atomic E-state index is -4.52. The van der Waals surface area contributed by atoms with Gasteiger partial charge in [-0.3, -0.25) is 9.80 Å². The number of hydrogen-bond acceptors (Lipinski definition) is 5. The van der Waals surface area contributed by atoms with Crippen molar-refractivity contribution in [3.63, 3.8) is 0 Å². The third-order valence-electron chi connectivity index (χ3n) is 6.88. The Morgan fingerprint density at radius 3 is 2.23 bits per heavy atom. The molecule has 2 N–H and O–H groups in total. The first-order valence-corrected chi connectivity index (χ1v) is 13.1. The summed E-state index contributed by atoms with van der Waals surface area (Å²) in [4.78, 5) is 44.2. The van der Waals surface area contributed by atoms with E-state index < -0.39 is 29.8 Å². The highest BCUT2D eigenvalue weighted by Crippen LogP contribution is 2.35.